The molecule has 1 fully saturated rings. The van der Waals surface area contributed by atoms with Crippen molar-refractivity contribution >= 4 is 10.0 Å². The van der Waals surface area contributed by atoms with Gasteiger partial charge in [0, 0.05) is 19.1 Å². The predicted octanol–water partition coefficient (Wildman–Crippen LogP) is 0.290. The van der Waals surface area contributed by atoms with Crippen molar-refractivity contribution < 1.29 is 13.5 Å². The minimum atomic E-state index is -3.36. The lowest BCUT2D eigenvalue weighted by molar-refractivity contribution is 0.198. The topological polar surface area (TPSA) is 83.6 Å². The van der Waals surface area contributed by atoms with Gasteiger partial charge in [0.25, 0.3) is 0 Å². The Morgan fingerprint density at radius 1 is 1.35 bits per heavy atom. The zero-order chi connectivity index (χ0) is 12.9. The van der Waals surface area contributed by atoms with E-state index in [9.17, 15) is 8.42 Å². The van der Waals surface area contributed by atoms with Gasteiger partial charge < -0.3 is 10.8 Å². The number of sulfonamides is 1. The average molecular weight is 264 g/mol. The van der Waals surface area contributed by atoms with E-state index < -0.39 is 15.3 Å². The zero-order valence-electron chi connectivity index (χ0n) is 10.5. The summed E-state index contributed by atoms with van der Waals surface area (Å²) in [7, 11) is -3.36. The Morgan fingerprint density at radius 2 is 1.94 bits per heavy atom. The van der Waals surface area contributed by atoms with Gasteiger partial charge in [0.2, 0.25) is 10.0 Å². The molecule has 0 aromatic heterocycles. The molecule has 0 aromatic carbocycles. The molecule has 1 aliphatic carbocycles. The fraction of sp³-hybridized carbons (Fsp3) is 1.00. The fourth-order valence-corrected chi connectivity index (χ4v) is 4.01. The summed E-state index contributed by atoms with van der Waals surface area (Å²) in [5.41, 5.74) is 5.45. The van der Waals surface area contributed by atoms with Gasteiger partial charge in [0.05, 0.1) is 11.9 Å². The van der Waals surface area contributed by atoms with Crippen LogP contribution in [-0.2, 0) is 10.0 Å². The first-order valence-corrected chi connectivity index (χ1v) is 7.86. The van der Waals surface area contributed by atoms with Crippen LogP contribution in [0, 0.1) is 0 Å². The molecule has 6 heteroatoms. The van der Waals surface area contributed by atoms with E-state index in [1.54, 1.807) is 6.92 Å². The van der Waals surface area contributed by atoms with E-state index in [-0.39, 0.29) is 25.7 Å². The Hall–Kier alpha value is -0.170. The molecule has 0 aromatic rings. The average Bonchev–Trinajstić information content (AvgIpc) is 2.35. The van der Waals surface area contributed by atoms with E-state index in [1.165, 1.54) is 10.7 Å². The van der Waals surface area contributed by atoms with Crippen LogP contribution >= 0.6 is 0 Å². The standard InChI is InChI=1S/C11H24N2O3S/c1-10(9-12)17(15,16)13(7-8-14)11-5-3-2-4-6-11/h10-11,14H,2-9,12H2,1H3. The number of nitrogens with two attached hydrogens (primary N) is 1. The van der Waals surface area contributed by atoms with Crippen LogP contribution < -0.4 is 5.73 Å². The summed E-state index contributed by atoms with van der Waals surface area (Å²) in [6.45, 7) is 1.81. The molecule has 0 bridgehead atoms. The van der Waals surface area contributed by atoms with Crippen molar-refractivity contribution in [3.63, 3.8) is 0 Å². The van der Waals surface area contributed by atoms with Crippen LogP contribution in [0.4, 0.5) is 0 Å². The lowest BCUT2D eigenvalue weighted by Gasteiger charge is -2.34. The molecule has 1 aliphatic rings. The number of aliphatic hydroxyl groups is 1. The second kappa shape index (κ2) is 6.68. The van der Waals surface area contributed by atoms with Crippen molar-refractivity contribution in [2.45, 2.75) is 50.3 Å². The molecular weight excluding hydrogens is 240 g/mol. The highest BCUT2D eigenvalue weighted by Gasteiger charge is 2.33. The molecule has 0 amide bonds. The number of hydrogen-bond acceptors (Lipinski definition) is 4. The summed E-state index contributed by atoms with van der Waals surface area (Å²) in [6.07, 6.45) is 5.11. The van der Waals surface area contributed by atoms with Crippen LogP contribution in [0.1, 0.15) is 39.0 Å². The third-order valence-corrected chi connectivity index (χ3v) is 5.81. The zero-order valence-corrected chi connectivity index (χ0v) is 11.3. The Morgan fingerprint density at radius 3 is 2.41 bits per heavy atom. The summed E-state index contributed by atoms with van der Waals surface area (Å²) in [5, 5.41) is 8.47. The highest BCUT2D eigenvalue weighted by Crippen LogP contribution is 2.25. The molecule has 1 unspecified atom stereocenters. The molecule has 0 saturated heterocycles. The van der Waals surface area contributed by atoms with Gasteiger partial charge >= 0.3 is 0 Å². The quantitative estimate of drug-likeness (QED) is 0.722. The summed E-state index contributed by atoms with van der Waals surface area (Å²) in [6, 6.07) is 0.0508. The van der Waals surface area contributed by atoms with Crippen molar-refractivity contribution in [1.82, 2.24) is 4.31 Å². The Balaban J connectivity index is 2.83. The van der Waals surface area contributed by atoms with Crippen LogP contribution in [0.3, 0.4) is 0 Å². The number of rotatable bonds is 6. The van der Waals surface area contributed by atoms with Crippen molar-refractivity contribution in [3.05, 3.63) is 0 Å². The number of hydrogen-bond donors (Lipinski definition) is 2. The first-order valence-electron chi connectivity index (χ1n) is 6.35. The smallest absolute Gasteiger partial charge is 0.218 e. The molecule has 1 atom stereocenters. The summed E-state index contributed by atoms with van der Waals surface area (Å²) >= 11 is 0. The monoisotopic (exact) mass is 264 g/mol. The van der Waals surface area contributed by atoms with E-state index in [0.717, 1.165) is 25.7 Å². The second-order valence-electron chi connectivity index (χ2n) is 4.72. The van der Waals surface area contributed by atoms with E-state index in [1.807, 2.05) is 0 Å². The Bertz CT molecular complexity index is 313. The van der Waals surface area contributed by atoms with Crippen LogP contribution in [0.15, 0.2) is 0 Å². The first kappa shape index (κ1) is 14.9. The van der Waals surface area contributed by atoms with E-state index >= 15 is 0 Å². The molecule has 0 aliphatic heterocycles. The fourth-order valence-electron chi connectivity index (χ4n) is 2.34. The minimum Gasteiger partial charge on any atom is -0.395 e. The molecule has 17 heavy (non-hydrogen) atoms. The number of aliphatic hydroxyl groups excluding tert-OH is 1. The molecule has 0 spiro atoms. The first-order chi connectivity index (χ1) is 8.04. The number of nitrogens with zero attached hydrogens (tertiary/aromatic N) is 1. The molecule has 5 nitrogen and oxygen atoms in total. The molecule has 102 valence electrons. The summed E-state index contributed by atoms with van der Waals surface area (Å²) < 4.78 is 26.0. The van der Waals surface area contributed by atoms with Crippen LogP contribution in [0.5, 0.6) is 0 Å². The normalized spacial score (nSPS) is 20.7. The largest absolute Gasteiger partial charge is 0.395 e. The van der Waals surface area contributed by atoms with E-state index in [2.05, 4.69) is 0 Å². The highest BCUT2D eigenvalue weighted by atomic mass is 32.2. The maximum atomic E-state index is 12.3. The predicted molar refractivity (Wildman–Crippen MR) is 68.1 cm³/mol. The molecule has 1 rings (SSSR count). The van der Waals surface area contributed by atoms with Gasteiger partial charge in [-0.25, -0.2) is 8.42 Å². The van der Waals surface area contributed by atoms with Gasteiger partial charge in [-0.1, -0.05) is 19.3 Å². The van der Waals surface area contributed by atoms with Gasteiger partial charge in [0.15, 0.2) is 0 Å². The third-order valence-electron chi connectivity index (χ3n) is 3.47. The molecule has 0 radical (unpaired) electrons. The third kappa shape index (κ3) is 3.64. The van der Waals surface area contributed by atoms with Crippen molar-refractivity contribution in [1.29, 1.82) is 0 Å². The van der Waals surface area contributed by atoms with Gasteiger partial charge in [-0.05, 0) is 19.8 Å². The minimum absolute atomic E-state index is 0.0508. The molecular formula is C11H24N2O3S. The van der Waals surface area contributed by atoms with Gasteiger partial charge in [-0.15, -0.1) is 0 Å². The second-order valence-corrected chi connectivity index (χ2v) is 7.02. The lowest BCUT2D eigenvalue weighted by atomic mass is 9.95. The molecule has 0 heterocycles. The summed E-state index contributed by atoms with van der Waals surface area (Å²) in [5.74, 6) is 0. The van der Waals surface area contributed by atoms with Gasteiger partial charge in [-0.2, -0.15) is 4.31 Å². The SMILES string of the molecule is CC(CN)S(=O)(=O)N(CCO)C1CCCCC1. The highest BCUT2D eigenvalue weighted by molar-refractivity contribution is 7.89. The maximum absolute atomic E-state index is 12.3. The van der Waals surface area contributed by atoms with Gasteiger partial charge in [-0.3, -0.25) is 0 Å². The van der Waals surface area contributed by atoms with Crippen molar-refractivity contribution in [2.75, 3.05) is 19.7 Å². The van der Waals surface area contributed by atoms with E-state index in [4.69, 9.17) is 10.8 Å². The Kier molecular flexibility index (Phi) is 5.85. The lowest BCUT2D eigenvalue weighted by Crippen LogP contribution is -2.48. The summed E-state index contributed by atoms with van der Waals surface area (Å²) in [4.78, 5) is 0. The maximum Gasteiger partial charge on any atom is 0.218 e. The van der Waals surface area contributed by atoms with E-state index in [0.29, 0.717) is 0 Å². The van der Waals surface area contributed by atoms with Gasteiger partial charge in [0.1, 0.15) is 0 Å². The molecule has 3 N–H and O–H groups in total. The van der Waals surface area contributed by atoms with Crippen LogP contribution in [0.2, 0.25) is 0 Å². The molecule has 1 saturated carbocycles. The van der Waals surface area contributed by atoms with Crippen molar-refractivity contribution in [2.24, 2.45) is 5.73 Å². The Labute approximate surface area is 104 Å². The van der Waals surface area contributed by atoms with Crippen molar-refractivity contribution in [3.8, 4) is 0 Å². The van der Waals surface area contributed by atoms with Crippen LogP contribution in [-0.4, -0.2) is 48.8 Å². The van der Waals surface area contributed by atoms with Crippen LogP contribution in [0.25, 0.3) is 0 Å².